The van der Waals surface area contributed by atoms with Gasteiger partial charge in [-0.2, -0.15) is 0 Å². The summed E-state index contributed by atoms with van der Waals surface area (Å²) >= 11 is 3.51. The van der Waals surface area contributed by atoms with E-state index in [0.717, 1.165) is 11.4 Å². The number of aryl methyl sites for hydroxylation is 1. The van der Waals surface area contributed by atoms with E-state index in [1.807, 2.05) is 13.8 Å². The highest BCUT2D eigenvalue weighted by Gasteiger charge is 2.11. The molecule has 1 aromatic rings. The molecule has 0 bridgehead atoms. The lowest BCUT2D eigenvalue weighted by molar-refractivity contribution is 0.924. The van der Waals surface area contributed by atoms with Crippen LogP contribution in [0.1, 0.15) is 25.2 Å². The summed E-state index contributed by atoms with van der Waals surface area (Å²) in [5.74, 6) is 0. The number of alkyl halides is 1. The minimum Gasteiger partial charge on any atom is -0.258 e. The van der Waals surface area contributed by atoms with Gasteiger partial charge in [0.1, 0.15) is 0 Å². The Bertz CT molecular complexity index is 288. The highest BCUT2D eigenvalue weighted by atomic mass is 79.9. The molecule has 0 saturated heterocycles. The van der Waals surface area contributed by atoms with E-state index in [0.29, 0.717) is 4.83 Å². The number of allylic oxidation sites excluding steroid dienone is 2. The maximum atomic E-state index is 3.90. The highest BCUT2D eigenvalue weighted by Crippen LogP contribution is 2.22. The molecule has 0 amide bonds. The van der Waals surface area contributed by atoms with Crippen molar-refractivity contribution in [2.24, 2.45) is 0 Å². The second-order valence-electron chi connectivity index (χ2n) is 2.63. The van der Waals surface area contributed by atoms with Crippen LogP contribution in [0.15, 0.2) is 6.08 Å². The number of nitrogens with zero attached hydrogens (tertiary/aromatic N) is 2. The van der Waals surface area contributed by atoms with Crippen LogP contribution >= 0.6 is 15.9 Å². The van der Waals surface area contributed by atoms with Crippen LogP contribution in [0.3, 0.4) is 0 Å². The van der Waals surface area contributed by atoms with Gasteiger partial charge >= 0.3 is 0 Å². The van der Waals surface area contributed by atoms with Crippen molar-refractivity contribution >= 4 is 21.5 Å². The lowest BCUT2D eigenvalue weighted by atomic mass is 10.1. The van der Waals surface area contributed by atoms with Gasteiger partial charge in [0.05, 0.1) is 11.4 Å². The molecule has 0 fully saturated rings. The Morgan fingerprint density at radius 1 is 1.67 bits per heavy atom. The van der Waals surface area contributed by atoms with Crippen LogP contribution in [0.25, 0.3) is 5.57 Å². The zero-order chi connectivity index (χ0) is 9.14. The largest absolute Gasteiger partial charge is 0.258 e. The summed E-state index contributed by atoms with van der Waals surface area (Å²) in [5.41, 5.74) is 3.15. The molecule has 1 rings (SSSR count). The van der Waals surface area contributed by atoms with E-state index < -0.39 is 0 Å². The van der Waals surface area contributed by atoms with Crippen LogP contribution < -0.4 is 0 Å². The van der Waals surface area contributed by atoms with Gasteiger partial charge in [0.2, 0.25) is 0 Å². The lowest BCUT2D eigenvalue weighted by Gasteiger charge is -2.06. The first-order valence-corrected chi connectivity index (χ1v) is 4.76. The molecule has 0 saturated carbocycles. The SMILES string of the molecule is C/C=C(/c1[nH]nnc1C)C(C)Br. The van der Waals surface area contributed by atoms with E-state index in [-0.39, 0.29) is 0 Å². The van der Waals surface area contributed by atoms with Crippen molar-refractivity contribution in [2.45, 2.75) is 25.6 Å². The second kappa shape index (κ2) is 3.85. The Hall–Kier alpha value is -0.640. The molecule has 0 aliphatic rings. The molecule has 0 aromatic carbocycles. The predicted octanol–water partition coefficient (Wildman–Crippen LogP) is 2.30. The van der Waals surface area contributed by atoms with Crippen molar-refractivity contribution in [1.29, 1.82) is 0 Å². The molecule has 1 N–H and O–H groups in total. The van der Waals surface area contributed by atoms with E-state index in [4.69, 9.17) is 0 Å². The fourth-order valence-electron chi connectivity index (χ4n) is 1.13. The van der Waals surface area contributed by atoms with Gasteiger partial charge in [0, 0.05) is 4.83 Å². The third-order valence-corrected chi connectivity index (χ3v) is 2.25. The minimum atomic E-state index is 0.323. The van der Waals surface area contributed by atoms with Crippen molar-refractivity contribution in [2.75, 3.05) is 0 Å². The minimum absolute atomic E-state index is 0.323. The van der Waals surface area contributed by atoms with Gasteiger partial charge in [-0.1, -0.05) is 27.2 Å². The summed E-state index contributed by atoms with van der Waals surface area (Å²) in [6.45, 7) is 6.03. The Morgan fingerprint density at radius 3 is 2.67 bits per heavy atom. The van der Waals surface area contributed by atoms with Crippen molar-refractivity contribution in [3.8, 4) is 0 Å². The normalized spacial score (nSPS) is 14.8. The van der Waals surface area contributed by atoms with Gasteiger partial charge in [-0.05, 0) is 26.3 Å². The molecule has 0 spiro atoms. The van der Waals surface area contributed by atoms with Crippen molar-refractivity contribution in [1.82, 2.24) is 15.4 Å². The number of hydrogen-bond acceptors (Lipinski definition) is 2. The number of aromatic nitrogens is 3. The molecule has 4 heteroatoms. The summed E-state index contributed by atoms with van der Waals surface area (Å²) in [5, 5.41) is 10.5. The molecule has 1 heterocycles. The van der Waals surface area contributed by atoms with Gasteiger partial charge in [0.25, 0.3) is 0 Å². The first kappa shape index (κ1) is 9.45. The molecule has 12 heavy (non-hydrogen) atoms. The Morgan fingerprint density at radius 2 is 2.33 bits per heavy atom. The molecule has 0 radical (unpaired) electrons. The van der Waals surface area contributed by atoms with Crippen LogP contribution in [0.4, 0.5) is 0 Å². The topological polar surface area (TPSA) is 41.6 Å². The summed E-state index contributed by atoms with van der Waals surface area (Å²) in [4.78, 5) is 0.323. The number of halogens is 1. The number of aromatic amines is 1. The average molecular weight is 230 g/mol. The zero-order valence-corrected chi connectivity index (χ0v) is 9.01. The van der Waals surface area contributed by atoms with Crippen LogP contribution in [-0.2, 0) is 0 Å². The number of rotatable bonds is 2. The van der Waals surface area contributed by atoms with E-state index in [2.05, 4.69) is 44.3 Å². The average Bonchev–Trinajstić information content (AvgIpc) is 2.38. The Kier molecular flexibility index (Phi) is 3.03. The standard InChI is InChI=1S/C8H12BrN3/c1-4-7(5(2)9)8-6(3)10-12-11-8/h4-5H,1-3H3,(H,10,11,12)/b7-4+. The summed E-state index contributed by atoms with van der Waals surface area (Å²) in [6.07, 6.45) is 2.06. The third-order valence-electron chi connectivity index (χ3n) is 1.75. The molecule has 1 aromatic heterocycles. The van der Waals surface area contributed by atoms with E-state index in [9.17, 15) is 0 Å². The molecule has 1 unspecified atom stereocenters. The quantitative estimate of drug-likeness (QED) is 0.792. The van der Waals surface area contributed by atoms with Gasteiger partial charge in [-0.3, -0.25) is 5.10 Å². The smallest absolute Gasteiger partial charge is 0.0870 e. The number of hydrogen-bond donors (Lipinski definition) is 1. The van der Waals surface area contributed by atoms with Crippen LogP contribution in [0.2, 0.25) is 0 Å². The first-order valence-electron chi connectivity index (χ1n) is 3.85. The monoisotopic (exact) mass is 229 g/mol. The molecule has 66 valence electrons. The summed E-state index contributed by atoms with van der Waals surface area (Å²) in [7, 11) is 0. The fourth-order valence-corrected chi connectivity index (χ4v) is 1.62. The third kappa shape index (κ3) is 1.75. The van der Waals surface area contributed by atoms with Crippen LogP contribution in [-0.4, -0.2) is 20.2 Å². The molecule has 0 aliphatic carbocycles. The van der Waals surface area contributed by atoms with Crippen molar-refractivity contribution in [3.05, 3.63) is 17.5 Å². The van der Waals surface area contributed by atoms with E-state index >= 15 is 0 Å². The Labute approximate surface area is 80.4 Å². The molecular formula is C8H12BrN3. The van der Waals surface area contributed by atoms with Gasteiger partial charge in [-0.15, -0.1) is 5.10 Å². The van der Waals surface area contributed by atoms with Gasteiger partial charge < -0.3 is 0 Å². The van der Waals surface area contributed by atoms with Crippen molar-refractivity contribution in [3.63, 3.8) is 0 Å². The van der Waals surface area contributed by atoms with E-state index in [1.165, 1.54) is 5.57 Å². The number of nitrogens with one attached hydrogen (secondary N) is 1. The molecule has 3 nitrogen and oxygen atoms in total. The van der Waals surface area contributed by atoms with Gasteiger partial charge in [0.15, 0.2) is 0 Å². The lowest BCUT2D eigenvalue weighted by Crippen LogP contribution is -1.97. The molecule has 0 aliphatic heterocycles. The maximum absolute atomic E-state index is 3.90. The number of H-pyrrole nitrogens is 1. The highest BCUT2D eigenvalue weighted by molar-refractivity contribution is 9.09. The van der Waals surface area contributed by atoms with E-state index in [1.54, 1.807) is 0 Å². The van der Waals surface area contributed by atoms with Crippen molar-refractivity contribution < 1.29 is 0 Å². The molecular weight excluding hydrogens is 218 g/mol. The molecule has 1 atom stereocenters. The Balaban J connectivity index is 3.04. The maximum Gasteiger partial charge on any atom is 0.0870 e. The van der Waals surface area contributed by atoms with Crippen LogP contribution in [0.5, 0.6) is 0 Å². The zero-order valence-electron chi connectivity index (χ0n) is 7.43. The first-order chi connectivity index (χ1) is 5.66. The summed E-state index contributed by atoms with van der Waals surface area (Å²) in [6, 6.07) is 0. The van der Waals surface area contributed by atoms with Crippen LogP contribution in [0, 0.1) is 6.92 Å². The fraction of sp³-hybridized carbons (Fsp3) is 0.500. The second-order valence-corrected chi connectivity index (χ2v) is 4.01. The predicted molar refractivity (Wildman–Crippen MR) is 53.2 cm³/mol. The summed E-state index contributed by atoms with van der Waals surface area (Å²) < 4.78 is 0. The van der Waals surface area contributed by atoms with Gasteiger partial charge in [-0.25, -0.2) is 0 Å².